The fourth-order valence-corrected chi connectivity index (χ4v) is 1.76. The predicted octanol–water partition coefficient (Wildman–Crippen LogP) is -3.76. The van der Waals surface area contributed by atoms with Gasteiger partial charge in [-0.1, -0.05) is 12.1 Å². The van der Waals surface area contributed by atoms with E-state index in [0.29, 0.717) is 0 Å². The maximum atomic E-state index is 4.32. The molecule has 4 nitrogen and oxygen atoms in total. The first-order valence-electron chi connectivity index (χ1n) is 5.47. The van der Waals surface area contributed by atoms with Crippen LogP contribution in [0.2, 0.25) is 0 Å². The van der Waals surface area contributed by atoms with Gasteiger partial charge in [0, 0.05) is 24.8 Å². The smallest absolute Gasteiger partial charge is 1.00 e. The van der Waals surface area contributed by atoms with Crippen molar-refractivity contribution in [2.45, 2.75) is 0 Å². The van der Waals surface area contributed by atoms with Gasteiger partial charge in [0.15, 0.2) is 0 Å². The van der Waals surface area contributed by atoms with E-state index in [-0.39, 0.29) is 51.0 Å². The van der Waals surface area contributed by atoms with Crippen molar-refractivity contribution in [3.8, 4) is 0 Å². The monoisotopic (exact) mass is 445 g/mol. The number of anilines is 2. The molecular formula is C13H12Br2CuN4. The Balaban J connectivity index is 0.00000120. The number of hydrogen-bond acceptors (Lipinski definition) is 4. The van der Waals surface area contributed by atoms with E-state index in [1.807, 2.05) is 48.8 Å². The van der Waals surface area contributed by atoms with E-state index in [1.165, 1.54) is 0 Å². The third-order valence-corrected chi connectivity index (χ3v) is 2.62. The standard InChI is InChI=1S/C13H12N4.2BrH.Cu/c1-3-7-14-12(5-1)16-9-10-17(11-16)13-6-2-4-8-15-13;;;/h1-10H,11H2;2*1H;/q;;;+2/p-2. The maximum Gasteiger partial charge on any atom is 2.00 e. The van der Waals surface area contributed by atoms with Crippen molar-refractivity contribution in [2.75, 3.05) is 16.5 Å². The van der Waals surface area contributed by atoms with Crippen molar-refractivity contribution in [2.24, 2.45) is 0 Å². The molecule has 20 heavy (non-hydrogen) atoms. The van der Waals surface area contributed by atoms with Crippen LogP contribution < -0.4 is 43.8 Å². The average molecular weight is 448 g/mol. The van der Waals surface area contributed by atoms with Crippen molar-refractivity contribution in [3.05, 3.63) is 61.2 Å². The number of halogens is 2. The van der Waals surface area contributed by atoms with Crippen LogP contribution in [0.5, 0.6) is 0 Å². The molecule has 109 valence electrons. The van der Waals surface area contributed by atoms with Crippen molar-refractivity contribution < 1.29 is 51.0 Å². The summed E-state index contributed by atoms with van der Waals surface area (Å²) in [4.78, 5) is 12.8. The molecule has 0 aliphatic carbocycles. The second-order valence-electron chi connectivity index (χ2n) is 3.76. The van der Waals surface area contributed by atoms with Gasteiger partial charge >= 0.3 is 17.1 Å². The minimum Gasteiger partial charge on any atom is -1.00 e. The Morgan fingerprint density at radius 2 is 1.20 bits per heavy atom. The first-order chi connectivity index (χ1) is 8.43. The largest absolute Gasteiger partial charge is 2.00 e. The summed E-state index contributed by atoms with van der Waals surface area (Å²) in [6, 6.07) is 11.8. The van der Waals surface area contributed by atoms with Crippen molar-refractivity contribution in [3.63, 3.8) is 0 Å². The summed E-state index contributed by atoms with van der Waals surface area (Å²) < 4.78 is 0. The van der Waals surface area contributed by atoms with Gasteiger partial charge in [-0.2, -0.15) is 0 Å². The molecule has 1 radical (unpaired) electrons. The van der Waals surface area contributed by atoms with Gasteiger partial charge in [-0.25, -0.2) is 9.97 Å². The fourth-order valence-electron chi connectivity index (χ4n) is 1.76. The summed E-state index contributed by atoms with van der Waals surface area (Å²) >= 11 is 0. The van der Waals surface area contributed by atoms with Gasteiger partial charge in [0.25, 0.3) is 0 Å². The van der Waals surface area contributed by atoms with Crippen LogP contribution in [0.3, 0.4) is 0 Å². The van der Waals surface area contributed by atoms with Crippen LogP contribution in [-0.2, 0) is 17.1 Å². The third-order valence-electron chi connectivity index (χ3n) is 2.62. The second kappa shape index (κ2) is 9.13. The molecule has 0 N–H and O–H groups in total. The van der Waals surface area contributed by atoms with Crippen molar-refractivity contribution in [1.82, 2.24) is 9.97 Å². The van der Waals surface area contributed by atoms with Gasteiger partial charge in [0.1, 0.15) is 18.3 Å². The Hall–Kier alpha value is -0.881. The van der Waals surface area contributed by atoms with Gasteiger partial charge in [-0.3, -0.25) is 0 Å². The summed E-state index contributed by atoms with van der Waals surface area (Å²) in [6.45, 7) is 0.744. The van der Waals surface area contributed by atoms with Crippen LogP contribution in [0.15, 0.2) is 61.2 Å². The Morgan fingerprint density at radius 3 is 1.55 bits per heavy atom. The summed E-state index contributed by atoms with van der Waals surface area (Å²) in [7, 11) is 0. The minimum absolute atomic E-state index is 0. The summed E-state index contributed by atoms with van der Waals surface area (Å²) in [5.74, 6) is 1.89. The minimum atomic E-state index is 0. The molecule has 3 heterocycles. The number of aromatic nitrogens is 2. The zero-order valence-electron chi connectivity index (χ0n) is 10.3. The molecule has 0 unspecified atom stereocenters. The van der Waals surface area contributed by atoms with Crippen LogP contribution in [0.1, 0.15) is 0 Å². The average Bonchev–Trinajstić information content (AvgIpc) is 2.90. The van der Waals surface area contributed by atoms with Crippen LogP contribution >= 0.6 is 0 Å². The molecule has 1 aliphatic heterocycles. The molecule has 7 heteroatoms. The SMILES string of the molecule is C1=CN(c2ccccn2)CN1c1ccccn1.[Br-].[Br-].[Cu+2]. The number of pyridine rings is 2. The summed E-state index contributed by atoms with van der Waals surface area (Å²) in [5.41, 5.74) is 0. The van der Waals surface area contributed by atoms with Gasteiger partial charge in [-0.05, 0) is 24.3 Å². The summed E-state index contributed by atoms with van der Waals surface area (Å²) in [6.07, 6.45) is 7.62. The molecule has 0 saturated carbocycles. The summed E-state index contributed by atoms with van der Waals surface area (Å²) in [5, 5.41) is 0. The topological polar surface area (TPSA) is 32.3 Å². The van der Waals surface area contributed by atoms with E-state index >= 15 is 0 Å². The zero-order valence-corrected chi connectivity index (χ0v) is 14.4. The third kappa shape index (κ3) is 4.31. The van der Waals surface area contributed by atoms with E-state index in [9.17, 15) is 0 Å². The van der Waals surface area contributed by atoms with Gasteiger partial charge < -0.3 is 43.8 Å². The zero-order chi connectivity index (χ0) is 11.5. The molecule has 2 aromatic heterocycles. The number of rotatable bonds is 2. The Labute approximate surface area is 149 Å². The van der Waals surface area contributed by atoms with Crippen LogP contribution in [0, 0.1) is 0 Å². The van der Waals surface area contributed by atoms with Crippen LogP contribution in [-0.4, -0.2) is 16.6 Å². The Morgan fingerprint density at radius 1 is 0.750 bits per heavy atom. The molecule has 0 atom stereocenters. The maximum absolute atomic E-state index is 4.32. The van der Waals surface area contributed by atoms with Crippen molar-refractivity contribution in [1.29, 1.82) is 0 Å². The number of nitrogens with zero attached hydrogens (tertiary/aromatic N) is 4. The Bertz CT molecular complexity index is 477. The van der Waals surface area contributed by atoms with Gasteiger partial charge in [-0.15, -0.1) is 0 Å². The normalized spacial score (nSPS) is 12.2. The molecule has 0 fully saturated rings. The predicted molar refractivity (Wildman–Crippen MR) is 67.4 cm³/mol. The molecular weight excluding hydrogens is 436 g/mol. The van der Waals surface area contributed by atoms with E-state index in [0.717, 1.165) is 18.3 Å². The number of hydrogen-bond donors (Lipinski definition) is 0. The van der Waals surface area contributed by atoms with Crippen LogP contribution in [0.4, 0.5) is 11.6 Å². The van der Waals surface area contributed by atoms with Crippen LogP contribution in [0.25, 0.3) is 0 Å². The fraction of sp³-hybridized carbons (Fsp3) is 0.0769. The molecule has 3 rings (SSSR count). The van der Waals surface area contributed by atoms with Gasteiger partial charge in [0.05, 0.1) is 0 Å². The van der Waals surface area contributed by atoms with Gasteiger partial charge in [0.2, 0.25) is 0 Å². The van der Waals surface area contributed by atoms with E-state index in [1.54, 1.807) is 12.4 Å². The molecule has 0 spiro atoms. The molecule has 0 amide bonds. The molecule has 0 saturated heterocycles. The molecule has 1 aliphatic rings. The second-order valence-corrected chi connectivity index (χ2v) is 3.76. The van der Waals surface area contributed by atoms with E-state index in [4.69, 9.17) is 0 Å². The van der Waals surface area contributed by atoms with E-state index in [2.05, 4.69) is 19.8 Å². The molecule has 0 aromatic carbocycles. The molecule has 2 aromatic rings. The molecule has 0 bridgehead atoms. The first kappa shape index (κ1) is 19.1. The van der Waals surface area contributed by atoms with E-state index < -0.39 is 0 Å². The Kier molecular flexibility index (Phi) is 8.73. The first-order valence-corrected chi connectivity index (χ1v) is 5.47. The quantitative estimate of drug-likeness (QED) is 0.443. The van der Waals surface area contributed by atoms with Crippen molar-refractivity contribution >= 4 is 11.6 Å².